The fourth-order valence-corrected chi connectivity index (χ4v) is 4.50. The molecule has 0 saturated heterocycles. The number of rotatable bonds is 7. The third-order valence-electron chi connectivity index (χ3n) is 6.41. The van der Waals surface area contributed by atoms with Gasteiger partial charge >= 0.3 is 0 Å². The zero-order chi connectivity index (χ0) is 18.4. The van der Waals surface area contributed by atoms with E-state index in [9.17, 15) is 0 Å². The molecule has 0 radical (unpaired) electrons. The molecule has 3 rings (SSSR count). The van der Waals surface area contributed by atoms with E-state index in [4.69, 9.17) is 5.73 Å². The lowest BCUT2D eigenvalue weighted by Gasteiger charge is -2.29. The molecule has 0 bridgehead atoms. The lowest BCUT2D eigenvalue weighted by molar-refractivity contribution is 0.303. The minimum Gasteiger partial charge on any atom is -0.399 e. The average molecular weight is 350 g/mol. The molecule has 140 valence electrons. The highest BCUT2D eigenvalue weighted by molar-refractivity contribution is 5.42. The number of benzene rings is 2. The quantitative estimate of drug-likeness (QED) is 0.412. The van der Waals surface area contributed by atoms with Crippen LogP contribution in [0.2, 0.25) is 0 Å². The third kappa shape index (κ3) is 4.90. The standard InChI is InChI=1S/C25H35N/c1-3-4-5-6-20-7-9-23(10-8-20)24-13-11-21(12-14-24)19(2)22-15-17-25(26)18-16-22/h11-20,23H,3-10,26H2,1-2H3. The molecule has 0 heterocycles. The topological polar surface area (TPSA) is 26.0 Å². The maximum Gasteiger partial charge on any atom is 0.0314 e. The van der Waals surface area contributed by atoms with Gasteiger partial charge in [-0.05, 0) is 66.3 Å². The number of hydrogen-bond acceptors (Lipinski definition) is 1. The molecule has 1 aliphatic carbocycles. The molecule has 2 aromatic carbocycles. The van der Waals surface area contributed by atoms with Crippen molar-refractivity contribution in [3.05, 3.63) is 65.2 Å². The molecule has 1 fully saturated rings. The van der Waals surface area contributed by atoms with Gasteiger partial charge in [0.2, 0.25) is 0 Å². The van der Waals surface area contributed by atoms with Crippen LogP contribution in [-0.4, -0.2) is 0 Å². The van der Waals surface area contributed by atoms with Gasteiger partial charge in [-0.1, -0.05) is 75.9 Å². The van der Waals surface area contributed by atoms with Gasteiger partial charge < -0.3 is 5.73 Å². The first-order valence-corrected chi connectivity index (χ1v) is 10.6. The molecule has 1 saturated carbocycles. The summed E-state index contributed by atoms with van der Waals surface area (Å²) < 4.78 is 0. The molecular formula is C25H35N. The predicted molar refractivity (Wildman–Crippen MR) is 114 cm³/mol. The van der Waals surface area contributed by atoms with E-state index in [0.29, 0.717) is 5.92 Å². The molecule has 0 aliphatic heterocycles. The first kappa shape index (κ1) is 19.0. The molecular weight excluding hydrogens is 314 g/mol. The maximum absolute atomic E-state index is 5.81. The van der Waals surface area contributed by atoms with Crippen molar-refractivity contribution in [2.45, 2.75) is 77.0 Å². The molecule has 0 amide bonds. The second-order valence-electron chi connectivity index (χ2n) is 8.27. The van der Waals surface area contributed by atoms with Crippen LogP contribution in [0.5, 0.6) is 0 Å². The van der Waals surface area contributed by atoms with Crippen LogP contribution in [0.1, 0.15) is 93.7 Å². The number of anilines is 1. The molecule has 26 heavy (non-hydrogen) atoms. The molecule has 0 aromatic heterocycles. The van der Waals surface area contributed by atoms with Crippen molar-refractivity contribution in [3.8, 4) is 0 Å². The Morgan fingerprint density at radius 1 is 0.846 bits per heavy atom. The van der Waals surface area contributed by atoms with Crippen molar-refractivity contribution >= 4 is 5.69 Å². The normalized spacial score (nSPS) is 21.5. The lowest BCUT2D eigenvalue weighted by Crippen LogP contribution is -2.13. The van der Waals surface area contributed by atoms with Gasteiger partial charge in [0.05, 0.1) is 0 Å². The van der Waals surface area contributed by atoms with Crippen LogP contribution in [0.25, 0.3) is 0 Å². The Kier molecular flexibility index (Phi) is 6.77. The maximum atomic E-state index is 5.81. The van der Waals surface area contributed by atoms with Crippen LogP contribution < -0.4 is 5.73 Å². The molecule has 1 atom stereocenters. The monoisotopic (exact) mass is 349 g/mol. The molecule has 1 aliphatic rings. The van der Waals surface area contributed by atoms with Crippen LogP contribution >= 0.6 is 0 Å². The Hall–Kier alpha value is -1.76. The molecule has 1 unspecified atom stereocenters. The van der Waals surface area contributed by atoms with Crippen LogP contribution in [0.3, 0.4) is 0 Å². The fourth-order valence-electron chi connectivity index (χ4n) is 4.50. The smallest absolute Gasteiger partial charge is 0.0314 e. The zero-order valence-corrected chi connectivity index (χ0v) is 16.6. The van der Waals surface area contributed by atoms with Gasteiger partial charge in [-0.3, -0.25) is 0 Å². The first-order valence-electron chi connectivity index (χ1n) is 10.6. The summed E-state index contributed by atoms with van der Waals surface area (Å²) >= 11 is 0. The number of hydrogen-bond donors (Lipinski definition) is 1. The minimum absolute atomic E-state index is 0.416. The summed E-state index contributed by atoms with van der Waals surface area (Å²) in [6.45, 7) is 4.58. The summed E-state index contributed by atoms with van der Waals surface area (Å²) in [5, 5.41) is 0. The summed E-state index contributed by atoms with van der Waals surface area (Å²) in [5.41, 5.74) is 10.9. The molecule has 2 N–H and O–H groups in total. The van der Waals surface area contributed by atoms with E-state index in [1.807, 2.05) is 12.1 Å². The van der Waals surface area contributed by atoms with Crippen LogP contribution in [-0.2, 0) is 0 Å². The summed E-state index contributed by atoms with van der Waals surface area (Å²) in [5.74, 6) is 2.18. The molecule has 1 heteroatoms. The Labute approximate surface area is 160 Å². The summed E-state index contributed by atoms with van der Waals surface area (Å²) in [4.78, 5) is 0. The van der Waals surface area contributed by atoms with Gasteiger partial charge in [-0.2, -0.15) is 0 Å². The Morgan fingerprint density at radius 2 is 1.42 bits per heavy atom. The van der Waals surface area contributed by atoms with Crippen molar-refractivity contribution in [1.82, 2.24) is 0 Å². The fraction of sp³-hybridized carbons (Fsp3) is 0.520. The summed E-state index contributed by atoms with van der Waals surface area (Å²) in [6, 6.07) is 17.7. The van der Waals surface area contributed by atoms with Gasteiger partial charge in [0, 0.05) is 11.6 Å². The van der Waals surface area contributed by atoms with Crippen molar-refractivity contribution in [1.29, 1.82) is 0 Å². The van der Waals surface area contributed by atoms with E-state index in [2.05, 4.69) is 50.2 Å². The van der Waals surface area contributed by atoms with E-state index in [-0.39, 0.29) is 0 Å². The zero-order valence-electron chi connectivity index (χ0n) is 16.6. The van der Waals surface area contributed by atoms with Crippen molar-refractivity contribution in [3.63, 3.8) is 0 Å². The highest BCUT2D eigenvalue weighted by Crippen LogP contribution is 2.38. The number of nitrogens with two attached hydrogens (primary N) is 1. The van der Waals surface area contributed by atoms with Gasteiger partial charge in [0.1, 0.15) is 0 Å². The second-order valence-corrected chi connectivity index (χ2v) is 8.27. The van der Waals surface area contributed by atoms with Crippen LogP contribution in [0.4, 0.5) is 5.69 Å². The lowest BCUT2D eigenvalue weighted by atomic mass is 9.76. The van der Waals surface area contributed by atoms with Gasteiger partial charge in [0.25, 0.3) is 0 Å². The van der Waals surface area contributed by atoms with Crippen molar-refractivity contribution in [2.75, 3.05) is 5.73 Å². The first-order chi connectivity index (χ1) is 12.7. The SMILES string of the molecule is CCCCCC1CCC(c2ccc(C(C)c3ccc(N)cc3)cc2)CC1. The Bertz CT molecular complexity index is 648. The van der Waals surface area contributed by atoms with E-state index >= 15 is 0 Å². The molecule has 0 spiro atoms. The van der Waals surface area contributed by atoms with Gasteiger partial charge in [0.15, 0.2) is 0 Å². The van der Waals surface area contributed by atoms with Gasteiger partial charge in [-0.25, -0.2) is 0 Å². The van der Waals surface area contributed by atoms with Crippen LogP contribution in [0, 0.1) is 5.92 Å². The molecule has 1 nitrogen and oxygen atoms in total. The van der Waals surface area contributed by atoms with Crippen molar-refractivity contribution < 1.29 is 0 Å². The highest BCUT2D eigenvalue weighted by atomic mass is 14.5. The summed E-state index contributed by atoms with van der Waals surface area (Å²) in [6.07, 6.45) is 11.3. The largest absolute Gasteiger partial charge is 0.399 e. The molecule has 2 aromatic rings. The third-order valence-corrected chi connectivity index (χ3v) is 6.41. The predicted octanol–water partition coefficient (Wildman–Crippen LogP) is 7.27. The van der Waals surface area contributed by atoms with Gasteiger partial charge in [-0.15, -0.1) is 0 Å². The van der Waals surface area contributed by atoms with Crippen LogP contribution in [0.15, 0.2) is 48.5 Å². The van der Waals surface area contributed by atoms with E-state index in [1.165, 1.54) is 62.5 Å². The van der Waals surface area contributed by atoms with E-state index < -0.39 is 0 Å². The second kappa shape index (κ2) is 9.26. The minimum atomic E-state index is 0.416. The Balaban J connectivity index is 1.55. The van der Waals surface area contributed by atoms with E-state index in [0.717, 1.165) is 17.5 Å². The average Bonchev–Trinajstić information content (AvgIpc) is 2.69. The number of nitrogen functional groups attached to an aromatic ring is 1. The highest BCUT2D eigenvalue weighted by Gasteiger charge is 2.22. The Morgan fingerprint density at radius 3 is 2.00 bits per heavy atom. The van der Waals surface area contributed by atoms with Crippen molar-refractivity contribution in [2.24, 2.45) is 5.92 Å². The van der Waals surface area contributed by atoms with E-state index in [1.54, 1.807) is 5.56 Å². The summed E-state index contributed by atoms with van der Waals surface area (Å²) in [7, 11) is 0. The number of unbranched alkanes of at least 4 members (excludes halogenated alkanes) is 2.